The Balaban J connectivity index is 3.11. The summed E-state index contributed by atoms with van der Waals surface area (Å²) >= 11 is 11.9. The molecule has 0 saturated heterocycles. The van der Waals surface area contributed by atoms with Crippen molar-refractivity contribution in [3.05, 3.63) is 28.2 Å². The molecular weight excluding hydrogens is 293 g/mol. The van der Waals surface area contributed by atoms with Gasteiger partial charge in [-0.05, 0) is 19.1 Å². The average Bonchev–Trinajstić information content (AvgIpc) is 2.33. The van der Waals surface area contributed by atoms with E-state index in [0.717, 1.165) is 0 Å². The molecule has 5 nitrogen and oxygen atoms in total. The third kappa shape index (κ3) is 4.01. The number of hydrogen-bond acceptors (Lipinski definition) is 3. The van der Waals surface area contributed by atoms with E-state index in [-0.39, 0.29) is 23.0 Å². The van der Waals surface area contributed by atoms with E-state index >= 15 is 0 Å². The fourth-order valence-electron chi connectivity index (χ4n) is 1.59. The van der Waals surface area contributed by atoms with Crippen LogP contribution in [0.3, 0.4) is 0 Å². The summed E-state index contributed by atoms with van der Waals surface area (Å²) in [7, 11) is 0. The highest BCUT2D eigenvalue weighted by Gasteiger charge is 2.24. The molecule has 2 N–H and O–H groups in total. The van der Waals surface area contributed by atoms with Gasteiger partial charge in [0.25, 0.3) is 0 Å². The van der Waals surface area contributed by atoms with Gasteiger partial charge >= 0.3 is 11.9 Å². The SMILES string of the molecule is CC(C(=O)O)N(CCC(=O)O)c1cccc(Cl)c1Cl. The lowest BCUT2D eigenvalue weighted by atomic mass is 10.2. The monoisotopic (exact) mass is 305 g/mol. The van der Waals surface area contributed by atoms with E-state index in [4.69, 9.17) is 33.4 Å². The Bertz CT molecular complexity index is 493. The Hall–Kier alpha value is -1.46. The van der Waals surface area contributed by atoms with Crippen LogP contribution in [0, 0.1) is 0 Å². The number of aliphatic carboxylic acids is 2. The normalized spacial score (nSPS) is 11.9. The van der Waals surface area contributed by atoms with Crippen molar-refractivity contribution in [1.82, 2.24) is 0 Å². The van der Waals surface area contributed by atoms with Crippen LogP contribution < -0.4 is 4.90 Å². The first-order valence-corrected chi connectivity index (χ1v) is 6.25. The first-order chi connectivity index (χ1) is 8.84. The van der Waals surface area contributed by atoms with Crippen molar-refractivity contribution in [3.8, 4) is 0 Å². The molecule has 0 spiro atoms. The molecule has 7 heteroatoms. The highest BCUT2D eigenvalue weighted by atomic mass is 35.5. The Labute approximate surface area is 120 Å². The predicted octanol–water partition coefficient (Wildman–Crippen LogP) is 2.75. The molecule has 0 aromatic heterocycles. The zero-order valence-electron chi connectivity index (χ0n) is 10.1. The molecule has 0 aliphatic carbocycles. The van der Waals surface area contributed by atoms with Crippen molar-refractivity contribution in [2.75, 3.05) is 11.4 Å². The van der Waals surface area contributed by atoms with E-state index in [1.165, 1.54) is 11.8 Å². The van der Waals surface area contributed by atoms with Gasteiger partial charge in [-0.15, -0.1) is 0 Å². The number of halogens is 2. The van der Waals surface area contributed by atoms with Crippen LogP contribution in [0.25, 0.3) is 0 Å². The van der Waals surface area contributed by atoms with Crippen molar-refractivity contribution in [3.63, 3.8) is 0 Å². The minimum Gasteiger partial charge on any atom is -0.481 e. The summed E-state index contributed by atoms with van der Waals surface area (Å²) in [6.07, 6.45) is -0.194. The molecule has 19 heavy (non-hydrogen) atoms. The second-order valence-corrected chi connectivity index (χ2v) is 4.71. The van der Waals surface area contributed by atoms with Crippen LogP contribution in [0.1, 0.15) is 13.3 Å². The largest absolute Gasteiger partial charge is 0.481 e. The molecule has 1 aromatic carbocycles. The minimum absolute atomic E-state index is 0.0306. The van der Waals surface area contributed by atoms with Crippen LogP contribution in [0.15, 0.2) is 18.2 Å². The van der Waals surface area contributed by atoms with Gasteiger partial charge in [0.2, 0.25) is 0 Å². The Morgan fingerprint density at radius 3 is 2.47 bits per heavy atom. The number of hydrogen-bond donors (Lipinski definition) is 2. The molecular formula is C12H13Cl2NO4. The number of carbonyl (C=O) groups is 2. The molecule has 1 unspecified atom stereocenters. The van der Waals surface area contributed by atoms with Gasteiger partial charge in [-0.2, -0.15) is 0 Å². The highest BCUT2D eigenvalue weighted by molar-refractivity contribution is 6.43. The van der Waals surface area contributed by atoms with E-state index in [1.54, 1.807) is 18.2 Å². The molecule has 104 valence electrons. The second-order valence-electron chi connectivity index (χ2n) is 3.92. The minimum atomic E-state index is -1.07. The first-order valence-electron chi connectivity index (χ1n) is 5.50. The molecule has 0 heterocycles. The van der Waals surface area contributed by atoms with E-state index in [2.05, 4.69) is 0 Å². The maximum Gasteiger partial charge on any atom is 0.326 e. The summed E-state index contributed by atoms with van der Waals surface area (Å²) in [5.74, 6) is -2.08. The van der Waals surface area contributed by atoms with E-state index in [0.29, 0.717) is 5.69 Å². The Morgan fingerprint density at radius 1 is 1.32 bits per heavy atom. The van der Waals surface area contributed by atoms with Gasteiger partial charge < -0.3 is 15.1 Å². The lowest BCUT2D eigenvalue weighted by Crippen LogP contribution is -2.40. The summed E-state index contributed by atoms with van der Waals surface area (Å²) in [4.78, 5) is 23.1. The zero-order valence-corrected chi connectivity index (χ0v) is 11.6. The van der Waals surface area contributed by atoms with Crippen LogP contribution in [-0.4, -0.2) is 34.7 Å². The number of nitrogens with zero attached hydrogens (tertiary/aromatic N) is 1. The quantitative estimate of drug-likeness (QED) is 0.845. The van der Waals surface area contributed by atoms with Crippen molar-refractivity contribution in [1.29, 1.82) is 0 Å². The number of anilines is 1. The maximum atomic E-state index is 11.1. The Morgan fingerprint density at radius 2 is 1.95 bits per heavy atom. The van der Waals surface area contributed by atoms with E-state index in [9.17, 15) is 9.59 Å². The van der Waals surface area contributed by atoms with Gasteiger partial charge in [0.15, 0.2) is 0 Å². The second kappa shape index (κ2) is 6.63. The summed E-state index contributed by atoms with van der Waals surface area (Å²) < 4.78 is 0. The molecule has 1 atom stereocenters. The number of benzene rings is 1. The van der Waals surface area contributed by atoms with Crippen LogP contribution in [0.4, 0.5) is 5.69 Å². The molecule has 1 aromatic rings. The summed E-state index contributed by atoms with van der Waals surface area (Å²) in [6, 6.07) is 3.91. The van der Waals surface area contributed by atoms with Gasteiger partial charge in [-0.3, -0.25) is 4.79 Å². The van der Waals surface area contributed by atoms with Crippen LogP contribution in [0.2, 0.25) is 10.0 Å². The van der Waals surface area contributed by atoms with Crippen molar-refractivity contribution in [2.24, 2.45) is 0 Å². The first kappa shape index (κ1) is 15.6. The third-order valence-corrected chi connectivity index (χ3v) is 3.44. The molecule has 0 saturated carbocycles. The molecule has 0 amide bonds. The van der Waals surface area contributed by atoms with Crippen molar-refractivity contribution in [2.45, 2.75) is 19.4 Å². The molecule has 1 rings (SSSR count). The van der Waals surface area contributed by atoms with Gasteiger partial charge in [0.05, 0.1) is 22.2 Å². The lowest BCUT2D eigenvalue weighted by Gasteiger charge is -2.29. The molecule has 0 bridgehead atoms. The van der Waals surface area contributed by atoms with Crippen LogP contribution >= 0.6 is 23.2 Å². The van der Waals surface area contributed by atoms with Gasteiger partial charge in [-0.25, -0.2) is 4.79 Å². The lowest BCUT2D eigenvalue weighted by molar-refractivity contribution is -0.139. The molecule has 0 aliphatic rings. The van der Waals surface area contributed by atoms with Crippen LogP contribution in [0.5, 0.6) is 0 Å². The van der Waals surface area contributed by atoms with Crippen LogP contribution in [-0.2, 0) is 9.59 Å². The fraction of sp³-hybridized carbons (Fsp3) is 0.333. The number of carboxylic acid groups (broad SMARTS) is 2. The van der Waals surface area contributed by atoms with Crippen molar-refractivity contribution < 1.29 is 19.8 Å². The zero-order chi connectivity index (χ0) is 14.6. The smallest absolute Gasteiger partial charge is 0.326 e. The summed E-state index contributed by atoms with van der Waals surface area (Å²) in [6.45, 7) is 1.49. The molecule has 0 fully saturated rings. The fourth-order valence-corrected chi connectivity index (χ4v) is 1.99. The van der Waals surface area contributed by atoms with Crippen molar-refractivity contribution >= 4 is 40.8 Å². The van der Waals surface area contributed by atoms with Gasteiger partial charge in [0.1, 0.15) is 6.04 Å². The van der Waals surface area contributed by atoms with E-state index in [1.807, 2.05) is 0 Å². The average molecular weight is 306 g/mol. The molecule has 0 radical (unpaired) electrons. The molecule has 0 aliphatic heterocycles. The number of rotatable bonds is 6. The van der Waals surface area contributed by atoms with E-state index < -0.39 is 18.0 Å². The maximum absolute atomic E-state index is 11.1. The third-order valence-electron chi connectivity index (χ3n) is 2.63. The van der Waals surface area contributed by atoms with Gasteiger partial charge in [-0.1, -0.05) is 29.3 Å². The standard InChI is InChI=1S/C12H13Cl2NO4/c1-7(12(18)19)15(6-5-10(16)17)9-4-2-3-8(13)11(9)14/h2-4,7H,5-6H2,1H3,(H,16,17)(H,18,19). The summed E-state index contributed by atoms with van der Waals surface area (Å²) in [5.41, 5.74) is 0.408. The topological polar surface area (TPSA) is 77.8 Å². The predicted molar refractivity (Wildman–Crippen MR) is 73.2 cm³/mol. The Kier molecular flexibility index (Phi) is 5.44. The summed E-state index contributed by atoms with van der Waals surface area (Å²) in [5, 5.41) is 18.3. The number of carboxylic acids is 2. The highest BCUT2D eigenvalue weighted by Crippen LogP contribution is 2.33. The van der Waals surface area contributed by atoms with Gasteiger partial charge in [0, 0.05) is 6.54 Å².